The van der Waals surface area contributed by atoms with Crippen LogP contribution in [0.3, 0.4) is 0 Å². The first kappa shape index (κ1) is 20.0. The summed E-state index contributed by atoms with van der Waals surface area (Å²) in [5, 5.41) is 13.0. The molecule has 1 atom stereocenters. The standard InChI is InChI=1S/C18H27NO4Si/c1-7-12-24(5,6)14-10-8-13(9-11-14)15(16(20)21)19-17(22)23-18(2,3)4/h7-11,15H,1,12H2,2-6H3,(H,19,22)(H,20,21)/t15-/m0/s1. The Labute approximate surface area is 144 Å². The smallest absolute Gasteiger partial charge is 0.408 e. The number of hydrogen-bond acceptors (Lipinski definition) is 3. The van der Waals surface area contributed by atoms with Crippen molar-refractivity contribution in [1.29, 1.82) is 0 Å². The van der Waals surface area contributed by atoms with Crippen LogP contribution in [0.5, 0.6) is 0 Å². The van der Waals surface area contributed by atoms with Crippen LogP contribution >= 0.6 is 0 Å². The van der Waals surface area contributed by atoms with Gasteiger partial charge in [-0.25, -0.2) is 9.59 Å². The van der Waals surface area contributed by atoms with E-state index in [-0.39, 0.29) is 0 Å². The first-order valence-electron chi connectivity index (χ1n) is 7.90. The molecule has 6 heteroatoms. The zero-order valence-electron chi connectivity index (χ0n) is 15.1. The lowest BCUT2D eigenvalue weighted by Crippen LogP contribution is -2.41. The first-order valence-corrected chi connectivity index (χ1v) is 11.1. The zero-order valence-corrected chi connectivity index (χ0v) is 16.1. The SMILES string of the molecule is C=CC[Si](C)(C)c1ccc([C@H](NC(=O)OC(C)(C)C)C(=O)O)cc1. The van der Waals surface area contributed by atoms with Crippen LogP contribution in [0.25, 0.3) is 0 Å². The Balaban J connectivity index is 2.96. The number of allylic oxidation sites excluding steroid dienone is 1. The highest BCUT2D eigenvalue weighted by molar-refractivity contribution is 6.90. The molecule has 1 amide bonds. The topological polar surface area (TPSA) is 75.6 Å². The molecular formula is C18H27NO4Si. The summed E-state index contributed by atoms with van der Waals surface area (Å²) in [5.41, 5.74) is -0.169. The van der Waals surface area contributed by atoms with E-state index in [1.54, 1.807) is 32.9 Å². The van der Waals surface area contributed by atoms with E-state index in [1.807, 2.05) is 18.2 Å². The maximum absolute atomic E-state index is 11.9. The monoisotopic (exact) mass is 349 g/mol. The highest BCUT2D eigenvalue weighted by Gasteiger charge is 2.27. The Morgan fingerprint density at radius 3 is 2.25 bits per heavy atom. The fraction of sp³-hybridized carbons (Fsp3) is 0.444. The van der Waals surface area contributed by atoms with E-state index >= 15 is 0 Å². The Bertz CT molecular complexity index is 602. The molecule has 0 aliphatic heterocycles. The number of carboxylic acids is 1. The number of hydrogen-bond donors (Lipinski definition) is 2. The summed E-state index contributed by atoms with van der Waals surface area (Å²) in [5.74, 6) is -1.13. The molecule has 2 N–H and O–H groups in total. The number of carbonyl (C=O) groups excluding carboxylic acids is 1. The molecule has 0 saturated carbocycles. The van der Waals surface area contributed by atoms with Crippen LogP contribution in [0, 0.1) is 0 Å². The molecule has 0 spiro atoms. The highest BCUT2D eigenvalue weighted by Crippen LogP contribution is 2.17. The second-order valence-corrected chi connectivity index (χ2v) is 12.2. The molecule has 0 bridgehead atoms. The van der Waals surface area contributed by atoms with Gasteiger partial charge in [-0.3, -0.25) is 0 Å². The minimum atomic E-state index is -1.61. The maximum atomic E-state index is 11.9. The average molecular weight is 350 g/mol. The fourth-order valence-electron chi connectivity index (χ4n) is 2.32. The largest absolute Gasteiger partial charge is 0.479 e. The van der Waals surface area contributed by atoms with Gasteiger partial charge in [0, 0.05) is 0 Å². The second-order valence-electron chi connectivity index (χ2n) is 7.42. The molecule has 1 aromatic carbocycles. The third-order valence-corrected chi connectivity index (χ3v) is 6.79. The van der Waals surface area contributed by atoms with Crippen LogP contribution in [0.15, 0.2) is 36.9 Å². The number of carbonyl (C=O) groups is 2. The number of ether oxygens (including phenoxy) is 1. The predicted molar refractivity (Wildman–Crippen MR) is 98.3 cm³/mol. The first-order chi connectivity index (χ1) is 11.0. The molecular weight excluding hydrogens is 322 g/mol. The second kappa shape index (κ2) is 7.66. The van der Waals surface area contributed by atoms with Gasteiger partial charge in [0.25, 0.3) is 0 Å². The van der Waals surface area contributed by atoms with Gasteiger partial charge in [-0.15, -0.1) is 6.58 Å². The van der Waals surface area contributed by atoms with Crippen LogP contribution in [-0.2, 0) is 9.53 Å². The van der Waals surface area contributed by atoms with E-state index < -0.39 is 31.8 Å². The fourth-order valence-corrected chi connectivity index (χ4v) is 4.34. The van der Waals surface area contributed by atoms with Crippen molar-refractivity contribution >= 4 is 25.3 Å². The number of carboxylic acid groups (broad SMARTS) is 1. The molecule has 0 aliphatic rings. The number of amides is 1. The van der Waals surface area contributed by atoms with E-state index in [0.717, 1.165) is 6.04 Å². The average Bonchev–Trinajstić information content (AvgIpc) is 2.42. The summed E-state index contributed by atoms with van der Waals surface area (Å²) in [6.07, 6.45) is 1.17. The van der Waals surface area contributed by atoms with Crippen molar-refractivity contribution in [1.82, 2.24) is 5.32 Å². The van der Waals surface area contributed by atoms with E-state index in [9.17, 15) is 14.7 Å². The van der Waals surface area contributed by atoms with Crippen LogP contribution < -0.4 is 10.5 Å². The van der Waals surface area contributed by atoms with Crippen LogP contribution in [0.4, 0.5) is 4.79 Å². The third-order valence-electron chi connectivity index (χ3n) is 3.59. The third kappa shape index (κ3) is 5.85. The summed E-state index contributed by atoms with van der Waals surface area (Å²) >= 11 is 0. The van der Waals surface area contributed by atoms with E-state index in [1.165, 1.54) is 5.19 Å². The lowest BCUT2D eigenvalue weighted by Gasteiger charge is -2.23. The number of benzene rings is 1. The number of aliphatic carboxylic acids is 1. The Hall–Kier alpha value is -2.08. The minimum Gasteiger partial charge on any atom is -0.479 e. The molecule has 132 valence electrons. The molecule has 0 fully saturated rings. The van der Waals surface area contributed by atoms with Gasteiger partial charge >= 0.3 is 12.1 Å². The summed E-state index contributed by atoms with van der Waals surface area (Å²) in [6.45, 7) is 13.4. The van der Waals surface area contributed by atoms with Gasteiger partial charge in [-0.05, 0) is 32.4 Å². The van der Waals surface area contributed by atoms with Crippen molar-refractivity contribution in [2.75, 3.05) is 0 Å². The molecule has 0 radical (unpaired) electrons. The summed E-state index contributed by atoms with van der Waals surface area (Å²) in [4.78, 5) is 23.4. The lowest BCUT2D eigenvalue weighted by atomic mass is 10.1. The Morgan fingerprint density at radius 1 is 1.29 bits per heavy atom. The normalized spacial score (nSPS) is 13.0. The summed E-state index contributed by atoms with van der Waals surface area (Å²) < 4.78 is 5.13. The Morgan fingerprint density at radius 2 is 1.83 bits per heavy atom. The van der Waals surface area contributed by atoms with Crippen LogP contribution in [0.2, 0.25) is 19.1 Å². The van der Waals surface area contributed by atoms with Gasteiger partial charge in [0.1, 0.15) is 5.60 Å². The van der Waals surface area contributed by atoms with Crippen molar-refractivity contribution in [3.05, 3.63) is 42.5 Å². The van der Waals surface area contributed by atoms with Crippen LogP contribution in [0.1, 0.15) is 32.4 Å². The van der Waals surface area contributed by atoms with E-state index in [0.29, 0.717) is 5.56 Å². The molecule has 24 heavy (non-hydrogen) atoms. The number of alkyl carbamates (subject to hydrolysis) is 1. The molecule has 0 unspecified atom stereocenters. The van der Waals surface area contributed by atoms with Crippen molar-refractivity contribution in [3.63, 3.8) is 0 Å². The molecule has 1 rings (SSSR count). The van der Waals surface area contributed by atoms with Gasteiger partial charge in [-0.2, -0.15) is 0 Å². The predicted octanol–water partition coefficient (Wildman–Crippen LogP) is 3.44. The van der Waals surface area contributed by atoms with Crippen molar-refractivity contribution < 1.29 is 19.4 Å². The molecule has 0 saturated heterocycles. The summed E-state index contributed by atoms with van der Waals surface area (Å²) in [6, 6.07) is 7.20. The highest BCUT2D eigenvalue weighted by atomic mass is 28.3. The van der Waals surface area contributed by atoms with Gasteiger partial charge in [0.05, 0.1) is 8.07 Å². The van der Waals surface area contributed by atoms with Gasteiger partial charge in [-0.1, -0.05) is 48.6 Å². The van der Waals surface area contributed by atoms with Crippen molar-refractivity contribution in [2.24, 2.45) is 0 Å². The Kier molecular flexibility index (Phi) is 6.37. The molecule has 0 aliphatic carbocycles. The van der Waals surface area contributed by atoms with Gasteiger partial charge < -0.3 is 15.2 Å². The maximum Gasteiger partial charge on any atom is 0.408 e. The van der Waals surface area contributed by atoms with Crippen molar-refractivity contribution in [2.45, 2.75) is 51.6 Å². The molecule has 0 heterocycles. The number of rotatable bonds is 6. The minimum absolute atomic E-state index is 0.514. The number of nitrogens with one attached hydrogen (secondary N) is 1. The summed E-state index contributed by atoms with van der Waals surface area (Å²) in [7, 11) is -1.61. The van der Waals surface area contributed by atoms with Gasteiger partial charge in [0.15, 0.2) is 6.04 Å². The quantitative estimate of drug-likeness (QED) is 0.609. The van der Waals surface area contributed by atoms with E-state index in [2.05, 4.69) is 25.0 Å². The molecule has 0 aromatic heterocycles. The van der Waals surface area contributed by atoms with Gasteiger partial charge in [0.2, 0.25) is 0 Å². The molecule has 5 nitrogen and oxygen atoms in total. The van der Waals surface area contributed by atoms with Crippen LogP contribution in [-0.4, -0.2) is 30.8 Å². The van der Waals surface area contributed by atoms with Crippen molar-refractivity contribution in [3.8, 4) is 0 Å². The van der Waals surface area contributed by atoms with E-state index in [4.69, 9.17) is 4.74 Å². The lowest BCUT2D eigenvalue weighted by molar-refractivity contribution is -0.139. The zero-order chi connectivity index (χ0) is 18.5. The molecule has 1 aromatic rings.